The van der Waals surface area contributed by atoms with E-state index in [1.165, 1.54) is 89.9 Å². The summed E-state index contributed by atoms with van der Waals surface area (Å²) >= 11 is 0. The van der Waals surface area contributed by atoms with Crippen molar-refractivity contribution in [2.75, 3.05) is 47.5 Å². The Balaban J connectivity index is 4.04. The highest BCUT2D eigenvalue weighted by atomic mass is 16.7. The number of carboxylic acids is 1. The van der Waals surface area contributed by atoms with E-state index in [9.17, 15) is 19.5 Å². The van der Waals surface area contributed by atoms with Gasteiger partial charge < -0.3 is 28.5 Å². The molecule has 0 heterocycles. The Morgan fingerprint density at radius 1 is 0.431 bits per heavy atom. The summed E-state index contributed by atoms with van der Waals surface area (Å²) < 4.78 is 22.8. The number of nitrogens with zero attached hydrogens (tertiary/aromatic N) is 1. The maximum atomic E-state index is 12.8. The van der Waals surface area contributed by atoms with Crippen molar-refractivity contribution in [1.29, 1.82) is 0 Å². The molecule has 0 aliphatic carbocycles. The Bertz CT molecular complexity index is 1500. The Kier molecular flexibility index (Phi) is 50.7. The van der Waals surface area contributed by atoms with Gasteiger partial charge in [-0.25, -0.2) is 4.79 Å². The molecule has 0 spiro atoms. The molecule has 9 nitrogen and oxygen atoms in total. The van der Waals surface area contributed by atoms with Crippen molar-refractivity contribution in [3.8, 4) is 0 Å². The van der Waals surface area contributed by atoms with Gasteiger partial charge in [-0.3, -0.25) is 9.59 Å². The lowest BCUT2D eigenvalue weighted by molar-refractivity contribution is -0.870. The Morgan fingerprint density at radius 3 is 1.19 bits per heavy atom. The van der Waals surface area contributed by atoms with Crippen LogP contribution in [0.5, 0.6) is 0 Å². The van der Waals surface area contributed by atoms with Gasteiger partial charge >= 0.3 is 17.9 Å². The fourth-order valence-electron chi connectivity index (χ4n) is 7.64. The van der Waals surface area contributed by atoms with E-state index >= 15 is 0 Å². The van der Waals surface area contributed by atoms with Crippen LogP contribution in [0, 0.1) is 0 Å². The van der Waals surface area contributed by atoms with Crippen molar-refractivity contribution in [2.45, 2.75) is 238 Å². The van der Waals surface area contributed by atoms with E-state index in [0.717, 1.165) is 109 Å². The summed E-state index contributed by atoms with van der Waals surface area (Å²) in [5.74, 6) is -2.02. The number of unbranched alkanes of at least 4 members (excludes halogenated alkanes) is 21. The fraction of sp³-hybridized carbons (Fsp3) is 0.698. The van der Waals surface area contributed by atoms with Crippen molar-refractivity contribution < 1.29 is 42.9 Å². The maximum absolute atomic E-state index is 12.8. The highest BCUT2D eigenvalue weighted by molar-refractivity contribution is 5.71. The lowest BCUT2D eigenvalue weighted by Crippen LogP contribution is -2.40. The zero-order chi connectivity index (χ0) is 52.7. The first-order valence-corrected chi connectivity index (χ1v) is 28.9. The molecule has 0 saturated carbocycles. The average Bonchev–Trinajstić information content (AvgIpc) is 3.35. The molecular weight excluding hydrogens is 899 g/mol. The van der Waals surface area contributed by atoms with Gasteiger partial charge in [-0.05, 0) is 89.9 Å². The molecule has 0 aromatic rings. The third-order valence-corrected chi connectivity index (χ3v) is 12.1. The molecule has 1 N–H and O–H groups in total. The third kappa shape index (κ3) is 54.0. The number of carboxylic acid groups (broad SMARTS) is 1. The van der Waals surface area contributed by atoms with Gasteiger partial charge in [0, 0.05) is 12.8 Å². The summed E-state index contributed by atoms with van der Waals surface area (Å²) in [6.07, 6.45) is 69.4. The molecule has 0 fully saturated rings. The number of hydrogen-bond donors (Lipinski definition) is 1. The smallest absolute Gasteiger partial charge is 0.361 e. The maximum Gasteiger partial charge on any atom is 0.361 e. The Morgan fingerprint density at radius 2 is 0.792 bits per heavy atom. The molecule has 0 bridgehead atoms. The quantitative estimate of drug-likeness (QED) is 0.0211. The molecule has 0 aromatic carbocycles. The van der Waals surface area contributed by atoms with Crippen molar-refractivity contribution in [2.24, 2.45) is 0 Å². The number of quaternary nitrogens is 1. The molecule has 0 aliphatic rings. The lowest BCUT2D eigenvalue weighted by Gasteiger charge is -2.25. The molecular formula is C63H108NO8+. The van der Waals surface area contributed by atoms with Crippen LogP contribution in [-0.4, -0.2) is 87.4 Å². The Hall–Kier alpha value is -3.79. The summed E-state index contributed by atoms with van der Waals surface area (Å²) in [5.41, 5.74) is 0. The van der Waals surface area contributed by atoms with E-state index in [1.54, 1.807) is 0 Å². The van der Waals surface area contributed by atoms with E-state index in [-0.39, 0.29) is 38.6 Å². The number of carbonyl (C=O) groups excluding carboxylic acids is 2. The molecule has 0 aliphatic heterocycles. The summed E-state index contributed by atoms with van der Waals surface area (Å²) in [7, 11) is 5.95. The number of allylic oxidation sites excluding steroid dienone is 16. The topological polar surface area (TPSA) is 108 Å². The van der Waals surface area contributed by atoms with Gasteiger partial charge in [-0.1, -0.05) is 220 Å². The minimum atomic E-state index is -1.51. The predicted molar refractivity (Wildman–Crippen MR) is 304 cm³/mol. The molecule has 0 saturated heterocycles. The molecule has 0 rings (SSSR count). The van der Waals surface area contributed by atoms with Crippen LogP contribution in [0.15, 0.2) is 97.2 Å². The van der Waals surface area contributed by atoms with Gasteiger partial charge in [-0.15, -0.1) is 0 Å². The third-order valence-electron chi connectivity index (χ3n) is 12.1. The monoisotopic (exact) mass is 1010 g/mol. The molecule has 2 atom stereocenters. The minimum Gasteiger partial charge on any atom is -0.477 e. The number of likely N-dealkylation sites (N-methyl/N-ethyl adjacent to an activating group) is 1. The molecule has 0 aromatic heterocycles. The van der Waals surface area contributed by atoms with Crippen molar-refractivity contribution in [1.82, 2.24) is 0 Å². The minimum absolute atomic E-state index is 0.184. The number of aliphatic carboxylic acids is 1. The van der Waals surface area contributed by atoms with Crippen molar-refractivity contribution in [3.05, 3.63) is 97.2 Å². The van der Waals surface area contributed by atoms with Crippen molar-refractivity contribution in [3.63, 3.8) is 0 Å². The van der Waals surface area contributed by atoms with Gasteiger partial charge in [0.1, 0.15) is 13.2 Å². The van der Waals surface area contributed by atoms with Crippen LogP contribution in [0.25, 0.3) is 0 Å². The van der Waals surface area contributed by atoms with Gasteiger partial charge in [-0.2, -0.15) is 0 Å². The summed E-state index contributed by atoms with van der Waals surface area (Å²) in [4.78, 5) is 37.2. The zero-order valence-corrected chi connectivity index (χ0v) is 46.8. The summed E-state index contributed by atoms with van der Waals surface area (Å²) in [6.45, 7) is 4.68. The number of hydrogen-bond acceptors (Lipinski definition) is 7. The summed E-state index contributed by atoms with van der Waals surface area (Å²) in [6, 6.07) is 0. The molecule has 72 heavy (non-hydrogen) atoms. The second-order valence-corrected chi connectivity index (χ2v) is 20.2. The zero-order valence-electron chi connectivity index (χ0n) is 46.8. The number of ether oxygens (including phenoxy) is 4. The van der Waals surface area contributed by atoms with E-state index < -0.39 is 24.3 Å². The highest BCUT2D eigenvalue weighted by Crippen LogP contribution is 2.16. The van der Waals surface area contributed by atoms with Crippen LogP contribution in [0.1, 0.15) is 226 Å². The van der Waals surface area contributed by atoms with Crippen LogP contribution in [0.4, 0.5) is 0 Å². The molecule has 9 heteroatoms. The van der Waals surface area contributed by atoms with E-state index in [4.69, 9.17) is 18.9 Å². The predicted octanol–water partition coefficient (Wildman–Crippen LogP) is 17.0. The van der Waals surface area contributed by atoms with Crippen LogP contribution >= 0.6 is 0 Å². The Labute approximate surface area is 442 Å². The first-order chi connectivity index (χ1) is 35.1. The highest BCUT2D eigenvalue weighted by Gasteiger charge is 2.25. The van der Waals surface area contributed by atoms with E-state index in [2.05, 4.69) is 111 Å². The molecule has 412 valence electrons. The fourth-order valence-corrected chi connectivity index (χ4v) is 7.64. The van der Waals surface area contributed by atoms with E-state index in [1.807, 2.05) is 21.1 Å². The van der Waals surface area contributed by atoms with Crippen LogP contribution in [0.3, 0.4) is 0 Å². The second kappa shape index (κ2) is 53.5. The first kappa shape index (κ1) is 68.2. The second-order valence-electron chi connectivity index (χ2n) is 20.2. The molecule has 0 amide bonds. The van der Waals surface area contributed by atoms with Gasteiger partial charge in [0.2, 0.25) is 0 Å². The first-order valence-electron chi connectivity index (χ1n) is 28.9. The summed E-state index contributed by atoms with van der Waals surface area (Å²) in [5, 5.41) is 9.67. The lowest BCUT2D eigenvalue weighted by atomic mass is 10.0. The van der Waals surface area contributed by atoms with E-state index in [0.29, 0.717) is 11.0 Å². The SMILES string of the molecule is CC/C=C\C/C=C\C/C=C\C/C=C\C/C=C\C/C=C\C/C=C\CCCCCCCCCCCCCCCCCC(=O)OC(COC(=O)CCCCCCC/C=C\CCC)COC(OCC[N+](C)(C)C)C(=O)O. The van der Waals surface area contributed by atoms with Crippen LogP contribution in [0.2, 0.25) is 0 Å². The molecule has 2 unspecified atom stereocenters. The largest absolute Gasteiger partial charge is 0.477 e. The van der Waals surface area contributed by atoms with Gasteiger partial charge in [0.15, 0.2) is 6.10 Å². The van der Waals surface area contributed by atoms with Gasteiger partial charge in [0.25, 0.3) is 6.29 Å². The van der Waals surface area contributed by atoms with Crippen LogP contribution < -0.4 is 0 Å². The number of carbonyl (C=O) groups is 3. The number of esters is 2. The number of rotatable bonds is 52. The average molecular weight is 1010 g/mol. The normalized spacial score (nSPS) is 13.5. The van der Waals surface area contributed by atoms with Crippen molar-refractivity contribution >= 4 is 17.9 Å². The van der Waals surface area contributed by atoms with Gasteiger partial charge in [0.05, 0.1) is 34.4 Å². The molecule has 0 radical (unpaired) electrons. The standard InChI is InChI=1S/C63H107NO8/c1-6-8-10-12-14-16-18-19-20-21-22-23-24-25-26-27-28-29-30-31-32-33-34-35-36-37-38-39-40-41-42-43-44-46-48-50-52-54-61(66)72-59(58-71-63(62(67)68)69-56-55-64(3,4)5)57-70-60(65)53-51-49-47-45-17-15-13-11-9-7-2/h8,10-11,13-14,16,19-20,22-23,25-26,28-29,31-32,59,63H,6-7,9,12,15,17-18,21,24,27,30,33-58H2,1-5H3/p+1/b10-8-,13-11-,16-14-,20-19-,23-22-,26-25-,29-28-,32-31-. The van der Waals surface area contributed by atoms with Crippen LogP contribution in [-0.2, 0) is 33.3 Å².